The highest BCUT2D eigenvalue weighted by atomic mass is 35.5. The van der Waals surface area contributed by atoms with Crippen molar-refractivity contribution in [1.29, 1.82) is 0 Å². The van der Waals surface area contributed by atoms with Crippen LogP contribution in [0.2, 0.25) is 5.02 Å². The van der Waals surface area contributed by atoms with Crippen LogP contribution in [0.3, 0.4) is 0 Å². The fourth-order valence-electron chi connectivity index (χ4n) is 2.43. The fourth-order valence-corrected chi connectivity index (χ4v) is 3.58. The van der Waals surface area contributed by atoms with E-state index >= 15 is 0 Å². The molecule has 0 aliphatic carbocycles. The molecule has 2 heterocycles. The lowest BCUT2D eigenvalue weighted by molar-refractivity contribution is -0.111. The summed E-state index contributed by atoms with van der Waals surface area (Å²) in [5.41, 5.74) is 1.66. The Morgan fingerprint density at radius 2 is 2.00 bits per heavy atom. The lowest BCUT2D eigenvalue weighted by Crippen LogP contribution is -2.15. The van der Waals surface area contributed by atoms with E-state index in [2.05, 4.69) is 10.3 Å². The molecule has 3 aromatic rings. The average molecular weight is 373 g/mol. The van der Waals surface area contributed by atoms with Crippen LogP contribution in [-0.4, -0.2) is 24.1 Å². The number of carbonyl (C=O) groups is 1. The molecular weight excluding hydrogens is 360 g/mol. The number of carbonyl (C=O) groups excluding carboxylic acids is 1. The van der Waals surface area contributed by atoms with Crippen LogP contribution in [0.25, 0.3) is 16.3 Å². The maximum absolute atomic E-state index is 12.1. The van der Waals surface area contributed by atoms with Crippen molar-refractivity contribution in [1.82, 2.24) is 4.98 Å². The van der Waals surface area contributed by atoms with Gasteiger partial charge in [0.05, 0.1) is 10.2 Å². The molecule has 2 aromatic carbocycles. The van der Waals surface area contributed by atoms with E-state index in [0.717, 1.165) is 21.5 Å². The lowest BCUT2D eigenvalue weighted by atomic mass is 10.2. The predicted octanol–water partition coefficient (Wildman–Crippen LogP) is 4.37. The molecule has 1 amide bonds. The molecule has 0 saturated heterocycles. The molecule has 5 nitrogen and oxygen atoms in total. The zero-order valence-corrected chi connectivity index (χ0v) is 14.6. The van der Waals surface area contributed by atoms with Gasteiger partial charge < -0.3 is 9.47 Å². The number of amides is 1. The van der Waals surface area contributed by atoms with Crippen LogP contribution in [-0.2, 0) is 4.79 Å². The van der Waals surface area contributed by atoms with Gasteiger partial charge in [-0.15, -0.1) is 0 Å². The molecule has 126 valence electrons. The van der Waals surface area contributed by atoms with Gasteiger partial charge in [0, 0.05) is 11.1 Å². The molecule has 7 heteroatoms. The van der Waals surface area contributed by atoms with Gasteiger partial charge in [-0.2, -0.15) is 0 Å². The number of hydrogen-bond donors (Lipinski definition) is 1. The number of nitrogens with zero attached hydrogens (tertiary/aromatic N) is 1. The summed E-state index contributed by atoms with van der Waals surface area (Å²) < 4.78 is 11.9. The number of rotatable bonds is 3. The molecule has 0 bridgehead atoms. The Morgan fingerprint density at radius 3 is 2.88 bits per heavy atom. The van der Waals surface area contributed by atoms with Gasteiger partial charge in [0.25, 0.3) is 0 Å². The van der Waals surface area contributed by atoms with Crippen molar-refractivity contribution < 1.29 is 14.3 Å². The second kappa shape index (κ2) is 6.74. The normalized spacial score (nSPS) is 13.3. The van der Waals surface area contributed by atoms with Crippen molar-refractivity contribution in [3.63, 3.8) is 0 Å². The summed E-state index contributed by atoms with van der Waals surface area (Å²) in [4.78, 5) is 16.5. The van der Waals surface area contributed by atoms with Crippen LogP contribution in [0.5, 0.6) is 11.5 Å². The molecular formula is C18H13ClN2O3S. The van der Waals surface area contributed by atoms with E-state index in [4.69, 9.17) is 21.1 Å². The van der Waals surface area contributed by atoms with Crippen molar-refractivity contribution in [2.75, 3.05) is 18.5 Å². The Labute approximate surface area is 152 Å². The van der Waals surface area contributed by atoms with E-state index in [-0.39, 0.29) is 5.91 Å². The summed E-state index contributed by atoms with van der Waals surface area (Å²) in [5, 5.41) is 3.95. The molecule has 1 aromatic heterocycles. The first-order chi connectivity index (χ1) is 12.2. The molecule has 1 aliphatic rings. The highest BCUT2D eigenvalue weighted by Gasteiger charge is 2.11. The SMILES string of the molecule is O=C(/C=C/c1ccc2c(c1)OCCO2)Nc1nc2ccc(Cl)cc2s1. The van der Waals surface area contributed by atoms with Gasteiger partial charge in [0.2, 0.25) is 5.91 Å². The molecule has 0 unspecified atom stereocenters. The van der Waals surface area contributed by atoms with Crippen LogP contribution < -0.4 is 14.8 Å². The average Bonchev–Trinajstić information content (AvgIpc) is 3.01. The van der Waals surface area contributed by atoms with Crippen molar-refractivity contribution in [2.24, 2.45) is 0 Å². The number of hydrogen-bond acceptors (Lipinski definition) is 5. The number of anilines is 1. The monoisotopic (exact) mass is 372 g/mol. The van der Waals surface area contributed by atoms with Gasteiger partial charge in [-0.05, 0) is 42.0 Å². The number of aromatic nitrogens is 1. The smallest absolute Gasteiger partial charge is 0.250 e. The number of thiazole rings is 1. The van der Waals surface area contributed by atoms with Crippen molar-refractivity contribution in [2.45, 2.75) is 0 Å². The number of nitrogens with one attached hydrogen (secondary N) is 1. The van der Waals surface area contributed by atoms with E-state index in [9.17, 15) is 4.79 Å². The Kier molecular flexibility index (Phi) is 4.29. The summed E-state index contributed by atoms with van der Waals surface area (Å²) in [6.07, 6.45) is 3.18. The maximum atomic E-state index is 12.1. The van der Waals surface area contributed by atoms with Crippen LogP contribution in [0.4, 0.5) is 5.13 Å². The molecule has 1 aliphatic heterocycles. The van der Waals surface area contributed by atoms with E-state index < -0.39 is 0 Å². The topological polar surface area (TPSA) is 60.5 Å². The molecule has 0 spiro atoms. The highest BCUT2D eigenvalue weighted by molar-refractivity contribution is 7.22. The summed E-state index contributed by atoms with van der Waals surface area (Å²) >= 11 is 7.35. The Morgan fingerprint density at radius 1 is 1.16 bits per heavy atom. The first kappa shape index (κ1) is 15.9. The number of ether oxygens (including phenoxy) is 2. The van der Waals surface area contributed by atoms with E-state index in [0.29, 0.717) is 29.1 Å². The largest absolute Gasteiger partial charge is 0.486 e. The molecule has 0 saturated carbocycles. The fraction of sp³-hybridized carbons (Fsp3) is 0.111. The third kappa shape index (κ3) is 3.60. The summed E-state index contributed by atoms with van der Waals surface area (Å²) in [5.74, 6) is 1.16. The second-order valence-corrected chi connectivity index (χ2v) is 6.82. The Bertz CT molecular complexity index is 984. The van der Waals surface area contributed by atoms with Crippen molar-refractivity contribution in [3.8, 4) is 11.5 Å². The van der Waals surface area contributed by atoms with E-state index in [1.54, 1.807) is 12.1 Å². The third-order valence-corrected chi connectivity index (χ3v) is 4.74. The van der Waals surface area contributed by atoms with Crippen molar-refractivity contribution >= 4 is 50.3 Å². The number of fused-ring (bicyclic) bond motifs is 2. The number of benzene rings is 2. The summed E-state index contributed by atoms with van der Waals surface area (Å²) in [6.45, 7) is 1.08. The molecule has 25 heavy (non-hydrogen) atoms. The van der Waals surface area contributed by atoms with Gasteiger partial charge in [0.15, 0.2) is 16.6 Å². The van der Waals surface area contributed by atoms with Gasteiger partial charge in [-0.3, -0.25) is 10.1 Å². The van der Waals surface area contributed by atoms with Crippen molar-refractivity contribution in [3.05, 3.63) is 53.1 Å². The first-order valence-electron chi connectivity index (χ1n) is 7.62. The van der Waals surface area contributed by atoms with Gasteiger partial charge in [0.1, 0.15) is 13.2 Å². The predicted molar refractivity (Wildman–Crippen MR) is 99.7 cm³/mol. The first-order valence-corrected chi connectivity index (χ1v) is 8.82. The van der Waals surface area contributed by atoms with Crippen LogP contribution in [0.1, 0.15) is 5.56 Å². The minimum atomic E-state index is -0.250. The zero-order valence-electron chi connectivity index (χ0n) is 13.0. The standard InChI is InChI=1S/C18H13ClN2O3S/c19-12-3-4-13-16(10-12)25-18(20-13)21-17(22)6-2-11-1-5-14-15(9-11)24-8-7-23-14/h1-6,9-10H,7-8H2,(H,20,21,22)/b6-2+. The maximum Gasteiger partial charge on any atom is 0.250 e. The van der Waals surface area contributed by atoms with Crippen LogP contribution in [0.15, 0.2) is 42.5 Å². The summed E-state index contributed by atoms with van der Waals surface area (Å²) in [7, 11) is 0. The Hall–Kier alpha value is -2.57. The zero-order chi connectivity index (χ0) is 17.2. The quantitative estimate of drug-likeness (QED) is 0.693. The van der Waals surface area contributed by atoms with Gasteiger partial charge in [-0.25, -0.2) is 4.98 Å². The Balaban J connectivity index is 1.46. The molecule has 0 radical (unpaired) electrons. The van der Waals surface area contributed by atoms with Gasteiger partial charge in [-0.1, -0.05) is 29.0 Å². The molecule has 1 N–H and O–H groups in total. The van der Waals surface area contributed by atoms with Gasteiger partial charge >= 0.3 is 0 Å². The minimum absolute atomic E-state index is 0.250. The highest BCUT2D eigenvalue weighted by Crippen LogP contribution is 2.31. The van der Waals surface area contributed by atoms with Crippen LogP contribution >= 0.6 is 22.9 Å². The summed E-state index contributed by atoms with van der Waals surface area (Å²) in [6, 6.07) is 11.0. The molecule has 0 fully saturated rings. The lowest BCUT2D eigenvalue weighted by Gasteiger charge is -2.18. The molecule has 0 atom stereocenters. The second-order valence-electron chi connectivity index (χ2n) is 5.36. The molecule has 4 rings (SSSR count). The van der Waals surface area contributed by atoms with Crippen LogP contribution in [0, 0.1) is 0 Å². The third-order valence-electron chi connectivity index (χ3n) is 3.57. The van der Waals surface area contributed by atoms with E-state index in [1.807, 2.05) is 30.3 Å². The minimum Gasteiger partial charge on any atom is -0.486 e. The number of halogens is 1. The van der Waals surface area contributed by atoms with E-state index in [1.165, 1.54) is 17.4 Å².